The van der Waals surface area contributed by atoms with Gasteiger partial charge in [-0.2, -0.15) is 0 Å². The van der Waals surface area contributed by atoms with Gasteiger partial charge in [0.15, 0.2) is 0 Å². The number of nitrogens with zero attached hydrogens (tertiary/aromatic N) is 1. The van der Waals surface area contributed by atoms with Gasteiger partial charge in [0, 0.05) is 19.5 Å². The van der Waals surface area contributed by atoms with Gasteiger partial charge in [-0.05, 0) is 56.4 Å². The van der Waals surface area contributed by atoms with E-state index in [0.29, 0.717) is 12.0 Å². The fraction of sp³-hybridized carbons (Fsp3) is 0.471. The Kier molecular flexibility index (Phi) is 14.5. The maximum atomic E-state index is 14.3. The fourth-order valence-electron chi connectivity index (χ4n) is 4.66. The maximum absolute atomic E-state index is 14.3. The van der Waals surface area contributed by atoms with Crippen LogP contribution in [0.4, 0.5) is 4.79 Å². The lowest BCUT2D eigenvalue weighted by Gasteiger charge is -2.34. The smallest absolute Gasteiger partial charge is 0.408 e. The number of ether oxygens (including phenoxy) is 1. The standard InChI is InChI=1S/C34H48N4O5/c1-6-8-9-10-14-22-38(32(41)28(20-21-29(35)39)37-33(42)43-34(3,4)5)30(27-19-15-18-25(7-2)23-27)31(40)36-24-26-16-12-11-13-17-26/h7,11-13,15-19,23,28,30H,2,6,8-10,14,20-22,24H2,1,3-5H3,(H2,35,39)(H,36,40)(H,37,42). The van der Waals surface area contributed by atoms with Crippen molar-refractivity contribution in [2.45, 2.75) is 96.9 Å². The molecule has 0 radical (unpaired) electrons. The highest BCUT2D eigenvalue weighted by atomic mass is 16.6. The number of alkyl carbamates (subject to hydrolysis) is 1. The molecule has 4 amide bonds. The second kappa shape index (κ2) is 17.7. The average molecular weight is 593 g/mol. The molecule has 4 N–H and O–H groups in total. The molecule has 0 aliphatic carbocycles. The summed E-state index contributed by atoms with van der Waals surface area (Å²) in [6, 6.07) is 14.7. The van der Waals surface area contributed by atoms with E-state index >= 15 is 0 Å². The van der Waals surface area contributed by atoms with Crippen molar-refractivity contribution in [2.24, 2.45) is 5.73 Å². The van der Waals surface area contributed by atoms with Crippen LogP contribution in [0.1, 0.15) is 95.4 Å². The van der Waals surface area contributed by atoms with E-state index in [9.17, 15) is 19.2 Å². The van der Waals surface area contributed by atoms with Crippen molar-refractivity contribution in [3.63, 3.8) is 0 Å². The SMILES string of the molecule is C=Cc1cccc(C(C(=O)NCc2ccccc2)N(CCCCCCC)C(=O)C(CCC(N)=O)NC(=O)OC(C)(C)C)c1. The molecule has 2 unspecified atom stereocenters. The molecule has 0 saturated carbocycles. The summed E-state index contributed by atoms with van der Waals surface area (Å²) in [5.41, 5.74) is 6.94. The molecular formula is C34H48N4O5. The Balaban J connectivity index is 2.52. The monoisotopic (exact) mass is 592 g/mol. The summed E-state index contributed by atoms with van der Waals surface area (Å²) >= 11 is 0. The lowest BCUT2D eigenvalue weighted by Crippen LogP contribution is -2.53. The number of rotatable bonds is 17. The molecule has 0 saturated heterocycles. The average Bonchev–Trinajstić information content (AvgIpc) is 2.96. The molecule has 2 atom stereocenters. The van der Waals surface area contributed by atoms with Gasteiger partial charge in [0.05, 0.1) is 0 Å². The van der Waals surface area contributed by atoms with Crippen molar-refractivity contribution < 1.29 is 23.9 Å². The first-order valence-electron chi connectivity index (χ1n) is 15.1. The quantitative estimate of drug-likeness (QED) is 0.205. The molecule has 0 aromatic heterocycles. The molecule has 0 fully saturated rings. The van der Waals surface area contributed by atoms with Gasteiger partial charge in [-0.1, -0.05) is 93.8 Å². The maximum Gasteiger partial charge on any atom is 0.408 e. The number of amides is 4. The molecule has 0 aliphatic rings. The Morgan fingerprint density at radius 3 is 2.33 bits per heavy atom. The number of nitrogens with one attached hydrogen (secondary N) is 2. The minimum absolute atomic E-state index is 0.0369. The number of unbranched alkanes of at least 4 members (excludes halogenated alkanes) is 4. The van der Waals surface area contributed by atoms with Gasteiger partial charge in [0.2, 0.25) is 17.7 Å². The Hall–Kier alpha value is -4.14. The first-order chi connectivity index (χ1) is 20.4. The first kappa shape index (κ1) is 35.1. The second-order valence-corrected chi connectivity index (χ2v) is 11.6. The predicted molar refractivity (Wildman–Crippen MR) is 170 cm³/mol. The Bertz CT molecular complexity index is 1210. The van der Waals surface area contributed by atoms with Crippen molar-refractivity contribution in [2.75, 3.05) is 6.54 Å². The van der Waals surface area contributed by atoms with E-state index in [4.69, 9.17) is 10.5 Å². The van der Waals surface area contributed by atoms with Crippen LogP contribution in [0, 0.1) is 0 Å². The van der Waals surface area contributed by atoms with Crippen molar-refractivity contribution >= 4 is 29.9 Å². The molecule has 9 nitrogen and oxygen atoms in total. The first-order valence-corrected chi connectivity index (χ1v) is 15.1. The van der Waals surface area contributed by atoms with Crippen LogP contribution >= 0.6 is 0 Å². The minimum atomic E-state index is -1.13. The van der Waals surface area contributed by atoms with Gasteiger partial charge < -0.3 is 26.0 Å². The Morgan fingerprint density at radius 1 is 1.00 bits per heavy atom. The summed E-state index contributed by atoms with van der Waals surface area (Å²) in [6.45, 7) is 11.7. The Labute approximate surface area is 256 Å². The number of nitrogens with two attached hydrogens (primary N) is 1. The van der Waals surface area contributed by atoms with Gasteiger partial charge in [-0.3, -0.25) is 14.4 Å². The topological polar surface area (TPSA) is 131 Å². The third-order valence-electron chi connectivity index (χ3n) is 6.79. The molecular weight excluding hydrogens is 544 g/mol. The molecule has 9 heteroatoms. The van der Waals surface area contributed by atoms with E-state index in [1.54, 1.807) is 32.9 Å². The van der Waals surface area contributed by atoms with Crippen LogP contribution in [0.25, 0.3) is 6.08 Å². The third kappa shape index (κ3) is 12.7. The van der Waals surface area contributed by atoms with Crippen molar-refractivity contribution in [1.29, 1.82) is 0 Å². The number of carbonyl (C=O) groups excluding carboxylic acids is 4. The largest absolute Gasteiger partial charge is 0.444 e. The number of carbonyl (C=O) groups is 4. The molecule has 0 bridgehead atoms. The van der Waals surface area contributed by atoms with Crippen molar-refractivity contribution in [3.05, 3.63) is 77.9 Å². The minimum Gasteiger partial charge on any atom is -0.444 e. The highest BCUT2D eigenvalue weighted by Gasteiger charge is 2.36. The zero-order chi connectivity index (χ0) is 31.8. The lowest BCUT2D eigenvalue weighted by atomic mass is 9.99. The third-order valence-corrected chi connectivity index (χ3v) is 6.79. The van der Waals surface area contributed by atoms with E-state index in [1.165, 1.54) is 4.90 Å². The highest BCUT2D eigenvalue weighted by molar-refractivity contribution is 5.92. The fourth-order valence-corrected chi connectivity index (χ4v) is 4.66. The van der Waals surface area contributed by atoms with Crippen LogP contribution in [0.5, 0.6) is 0 Å². The summed E-state index contributed by atoms with van der Waals surface area (Å²) < 4.78 is 5.41. The number of benzene rings is 2. The lowest BCUT2D eigenvalue weighted by molar-refractivity contribution is -0.143. The molecule has 0 aliphatic heterocycles. The van der Waals surface area contributed by atoms with Gasteiger partial charge >= 0.3 is 6.09 Å². The number of primary amides is 1. The number of hydrogen-bond acceptors (Lipinski definition) is 5. The highest BCUT2D eigenvalue weighted by Crippen LogP contribution is 2.26. The van der Waals surface area contributed by atoms with Gasteiger partial charge in [0.1, 0.15) is 17.7 Å². The molecule has 43 heavy (non-hydrogen) atoms. The summed E-state index contributed by atoms with van der Waals surface area (Å²) in [5, 5.41) is 5.63. The molecule has 2 aromatic rings. The van der Waals surface area contributed by atoms with Gasteiger partial charge in [-0.25, -0.2) is 4.79 Å². The normalized spacial score (nSPS) is 12.5. The second-order valence-electron chi connectivity index (χ2n) is 11.6. The van der Waals surface area contributed by atoms with Crippen LogP contribution in [-0.4, -0.2) is 46.9 Å². The van der Waals surface area contributed by atoms with Crippen molar-refractivity contribution in [1.82, 2.24) is 15.5 Å². The van der Waals surface area contributed by atoms with E-state index in [-0.39, 0.29) is 31.8 Å². The van der Waals surface area contributed by atoms with Crippen LogP contribution in [0.2, 0.25) is 0 Å². The van der Waals surface area contributed by atoms with Crippen LogP contribution in [-0.2, 0) is 25.7 Å². The van der Waals surface area contributed by atoms with E-state index in [0.717, 1.165) is 36.8 Å². The van der Waals surface area contributed by atoms with Crippen LogP contribution < -0.4 is 16.4 Å². The van der Waals surface area contributed by atoms with Crippen molar-refractivity contribution in [3.8, 4) is 0 Å². The summed E-state index contributed by atoms with van der Waals surface area (Å²) in [5.74, 6) is -1.46. The Morgan fingerprint density at radius 2 is 1.70 bits per heavy atom. The molecule has 2 rings (SSSR count). The summed E-state index contributed by atoms with van der Waals surface area (Å²) in [4.78, 5) is 54.3. The zero-order valence-electron chi connectivity index (χ0n) is 26.1. The predicted octanol–water partition coefficient (Wildman–Crippen LogP) is 5.64. The van der Waals surface area contributed by atoms with E-state index < -0.39 is 35.6 Å². The molecule has 0 spiro atoms. The van der Waals surface area contributed by atoms with Crippen LogP contribution in [0.15, 0.2) is 61.2 Å². The zero-order valence-corrected chi connectivity index (χ0v) is 26.1. The summed E-state index contributed by atoms with van der Waals surface area (Å²) in [7, 11) is 0. The van der Waals surface area contributed by atoms with Crippen LogP contribution in [0.3, 0.4) is 0 Å². The number of hydrogen-bond donors (Lipinski definition) is 3. The van der Waals surface area contributed by atoms with Gasteiger partial charge in [0.25, 0.3) is 0 Å². The molecule has 2 aromatic carbocycles. The van der Waals surface area contributed by atoms with Gasteiger partial charge in [-0.15, -0.1) is 0 Å². The summed E-state index contributed by atoms with van der Waals surface area (Å²) in [6.07, 6.45) is 5.37. The molecule has 0 heterocycles. The van der Waals surface area contributed by atoms with E-state index in [2.05, 4.69) is 24.1 Å². The van der Waals surface area contributed by atoms with E-state index in [1.807, 2.05) is 48.5 Å². The molecule has 234 valence electrons.